The van der Waals surface area contributed by atoms with Crippen LogP contribution in [0.3, 0.4) is 0 Å². The van der Waals surface area contributed by atoms with Gasteiger partial charge in [-0.05, 0) is 31.2 Å². The summed E-state index contributed by atoms with van der Waals surface area (Å²) in [5, 5.41) is 2.76. The smallest absolute Gasteiger partial charge is 0.276 e. The average molecular weight is 442 g/mol. The Morgan fingerprint density at radius 1 is 1.17 bits per heavy atom. The van der Waals surface area contributed by atoms with Crippen molar-refractivity contribution in [3.05, 3.63) is 41.0 Å². The number of halogens is 1. The van der Waals surface area contributed by atoms with E-state index in [9.17, 15) is 13.2 Å². The minimum Gasteiger partial charge on any atom is -0.495 e. The highest BCUT2D eigenvalue weighted by Gasteiger charge is 2.24. The topological polar surface area (TPSA) is 97.8 Å². The normalized spacial score (nSPS) is 11.4. The number of pyridine rings is 1. The van der Waals surface area contributed by atoms with Crippen LogP contribution in [0.2, 0.25) is 5.02 Å². The van der Waals surface area contributed by atoms with Gasteiger partial charge < -0.3 is 14.8 Å². The number of carbonyl (C=O) groups excluding carboxylic acids is 1. The van der Waals surface area contributed by atoms with Gasteiger partial charge in [0.05, 0.1) is 29.3 Å². The third kappa shape index (κ3) is 5.17. The van der Waals surface area contributed by atoms with Crippen molar-refractivity contribution in [1.82, 2.24) is 9.29 Å². The molecule has 2 aromatic rings. The number of ether oxygens (including phenoxy) is 2. The summed E-state index contributed by atoms with van der Waals surface area (Å²) in [6.07, 6.45) is 0. The lowest BCUT2D eigenvalue weighted by Crippen LogP contribution is -2.30. The van der Waals surface area contributed by atoms with Crippen molar-refractivity contribution in [1.29, 1.82) is 0 Å². The molecule has 1 N–H and O–H groups in total. The molecule has 1 aromatic heterocycles. The summed E-state index contributed by atoms with van der Waals surface area (Å²) in [5.41, 5.74) is 0.141. The van der Waals surface area contributed by atoms with Gasteiger partial charge in [0.25, 0.3) is 5.91 Å². The zero-order chi connectivity index (χ0) is 21.6. The van der Waals surface area contributed by atoms with Crippen LogP contribution in [0.1, 0.15) is 31.3 Å². The number of aromatic nitrogens is 1. The summed E-state index contributed by atoms with van der Waals surface area (Å²) < 4.78 is 37.5. The molecule has 0 spiro atoms. The maximum Gasteiger partial charge on any atom is 0.276 e. The van der Waals surface area contributed by atoms with Crippen LogP contribution >= 0.6 is 11.6 Å². The number of carbonyl (C=O) groups is 1. The molecular formula is C19H24ClN3O5S. The fourth-order valence-electron chi connectivity index (χ4n) is 2.65. The molecule has 2 rings (SSSR count). The molecule has 0 fully saturated rings. The Labute approximate surface area is 175 Å². The molecule has 0 saturated heterocycles. The molecule has 158 valence electrons. The highest BCUT2D eigenvalue weighted by atomic mass is 35.5. The van der Waals surface area contributed by atoms with Crippen molar-refractivity contribution in [2.75, 3.05) is 32.1 Å². The molecule has 0 atom stereocenters. The van der Waals surface area contributed by atoms with Gasteiger partial charge in [0, 0.05) is 19.2 Å². The number of benzene rings is 1. The van der Waals surface area contributed by atoms with Gasteiger partial charge in [-0.15, -0.1) is 0 Å². The SMILES string of the molecule is CCOc1ccc(Cl)c(C(=O)Nc2cc(S(=O)(=O)N(CC)CC)ccc2OC)n1. The number of rotatable bonds is 9. The number of methoxy groups -OCH3 is 1. The molecule has 10 heteroatoms. The third-order valence-electron chi connectivity index (χ3n) is 4.09. The molecule has 1 amide bonds. The van der Waals surface area contributed by atoms with E-state index in [0.29, 0.717) is 25.4 Å². The molecule has 0 saturated carbocycles. The number of anilines is 1. The van der Waals surface area contributed by atoms with Crippen LogP contribution < -0.4 is 14.8 Å². The number of sulfonamides is 1. The fourth-order valence-corrected chi connectivity index (χ4v) is 4.33. The van der Waals surface area contributed by atoms with Gasteiger partial charge in [-0.3, -0.25) is 4.79 Å². The fraction of sp³-hybridized carbons (Fsp3) is 0.368. The number of amides is 1. The first-order chi connectivity index (χ1) is 13.8. The van der Waals surface area contributed by atoms with Crippen molar-refractivity contribution in [2.45, 2.75) is 25.7 Å². The lowest BCUT2D eigenvalue weighted by Gasteiger charge is -2.19. The Kier molecular flexibility index (Phi) is 7.83. The molecular weight excluding hydrogens is 418 g/mol. The highest BCUT2D eigenvalue weighted by Crippen LogP contribution is 2.30. The molecule has 0 aliphatic carbocycles. The van der Waals surface area contributed by atoms with E-state index in [1.807, 2.05) is 0 Å². The van der Waals surface area contributed by atoms with E-state index in [-0.39, 0.29) is 27.2 Å². The van der Waals surface area contributed by atoms with E-state index in [1.54, 1.807) is 26.8 Å². The quantitative estimate of drug-likeness (QED) is 0.640. The Morgan fingerprint density at radius 3 is 2.45 bits per heavy atom. The summed E-state index contributed by atoms with van der Waals surface area (Å²) in [4.78, 5) is 16.9. The monoisotopic (exact) mass is 441 g/mol. The third-order valence-corrected chi connectivity index (χ3v) is 6.44. The summed E-state index contributed by atoms with van der Waals surface area (Å²) in [6.45, 7) is 6.35. The maximum absolute atomic E-state index is 12.8. The number of hydrogen-bond donors (Lipinski definition) is 1. The first-order valence-corrected chi connectivity index (χ1v) is 10.9. The van der Waals surface area contributed by atoms with Crippen LogP contribution in [0, 0.1) is 0 Å². The zero-order valence-corrected chi connectivity index (χ0v) is 18.3. The van der Waals surface area contributed by atoms with Gasteiger partial charge in [0.2, 0.25) is 15.9 Å². The van der Waals surface area contributed by atoms with E-state index in [2.05, 4.69) is 10.3 Å². The molecule has 0 aliphatic heterocycles. The Balaban J connectivity index is 2.42. The van der Waals surface area contributed by atoms with Crippen LogP contribution in [0.15, 0.2) is 35.2 Å². The second-order valence-corrected chi connectivity index (χ2v) is 8.16. The molecule has 1 aromatic carbocycles. The van der Waals surface area contributed by atoms with Gasteiger partial charge in [0.15, 0.2) is 5.69 Å². The maximum atomic E-state index is 12.8. The lowest BCUT2D eigenvalue weighted by atomic mass is 10.2. The van der Waals surface area contributed by atoms with E-state index < -0.39 is 15.9 Å². The van der Waals surface area contributed by atoms with Gasteiger partial charge in [-0.1, -0.05) is 25.4 Å². The van der Waals surface area contributed by atoms with Crippen LogP contribution in [0.4, 0.5) is 5.69 Å². The molecule has 0 radical (unpaired) electrons. The Hall–Kier alpha value is -2.36. The average Bonchev–Trinajstić information content (AvgIpc) is 2.70. The number of nitrogens with zero attached hydrogens (tertiary/aromatic N) is 2. The number of nitrogens with one attached hydrogen (secondary N) is 1. The molecule has 29 heavy (non-hydrogen) atoms. The van der Waals surface area contributed by atoms with Crippen LogP contribution in [0.25, 0.3) is 0 Å². The van der Waals surface area contributed by atoms with Gasteiger partial charge >= 0.3 is 0 Å². The van der Waals surface area contributed by atoms with Gasteiger partial charge in [0.1, 0.15) is 5.75 Å². The minimum atomic E-state index is -3.71. The highest BCUT2D eigenvalue weighted by molar-refractivity contribution is 7.89. The van der Waals surface area contributed by atoms with Crippen LogP contribution in [0.5, 0.6) is 11.6 Å². The Bertz CT molecular complexity index is 978. The predicted molar refractivity (Wildman–Crippen MR) is 111 cm³/mol. The second kappa shape index (κ2) is 9.91. The van der Waals surface area contributed by atoms with E-state index >= 15 is 0 Å². The summed E-state index contributed by atoms with van der Waals surface area (Å²) in [7, 11) is -2.29. The standard InChI is InChI=1S/C19H24ClN3O5S/c1-5-23(6-2)29(25,26)13-8-10-16(27-4)15(12-13)21-19(24)18-14(20)9-11-17(22-18)28-7-3/h8-12H,5-7H2,1-4H3,(H,21,24). The predicted octanol–water partition coefficient (Wildman–Crippen LogP) is 3.43. The molecule has 0 bridgehead atoms. The van der Waals surface area contributed by atoms with Crippen molar-refractivity contribution >= 4 is 33.2 Å². The zero-order valence-electron chi connectivity index (χ0n) is 16.7. The summed E-state index contributed by atoms with van der Waals surface area (Å²) in [5.74, 6) is -0.0620. The van der Waals surface area contributed by atoms with E-state index in [4.69, 9.17) is 21.1 Å². The first kappa shape index (κ1) is 22.9. The van der Waals surface area contributed by atoms with Crippen molar-refractivity contribution in [3.63, 3.8) is 0 Å². The lowest BCUT2D eigenvalue weighted by molar-refractivity contribution is 0.102. The largest absolute Gasteiger partial charge is 0.495 e. The molecule has 0 aliphatic rings. The Morgan fingerprint density at radius 2 is 1.86 bits per heavy atom. The van der Waals surface area contributed by atoms with Crippen LogP contribution in [-0.4, -0.2) is 50.4 Å². The molecule has 8 nitrogen and oxygen atoms in total. The second-order valence-electron chi connectivity index (χ2n) is 5.82. The summed E-state index contributed by atoms with van der Waals surface area (Å²) >= 11 is 6.10. The van der Waals surface area contributed by atoms with Crippen molar-refractivity contribution in [2.24, 2.45) is 0 Å². The van der Waals surface area contributed by atoms with Crippen molar-refractivity contribution in [3.8, 4) is 11.6 Å². The number of hydrogen-bond acceptors (Lipinski definition) is 6. The van der Waals surface area contributed by atoms with Gasteiger partial charge in [-0.25, -0.2) is 13.4 Å². The molecule has 1 heterocycles. The summed E-state index contributed by atoms with van der Waals surface area (Å²) in [6, 6.07) is 7.33. The van der Waals surface area contributed by atoms with Gasteiger partial charge in [-0.2, -0.15) is 4.31 Å². The van der Waals surface area contributed by atoms with Crippen molar-refractivity contribution < 1.29 is 22.7 Å². The minimum absolute atomic E-state index is 0.0411. The molecule has 0 unspecified atom stereocenters. The van der Waals surface area contributed by atoms with E-state index in [1.165, 1.54) is 35.7 Å². The first-order valence-electron chi connectivity index (χ1n) is 9.07. The van der Waals surface area contributed by atoms with Crippen LogP contribution in [-0.2, 0) is 10.0 Å². The van der Waals surface area contributed by atoms with E-state index in [0.717, 1.165) is 0 Å².